The van der Waals surface area contributed by atoms with E-state index in [4.69, 9.17) is 18.9 Å². The van der Waals surface area contributed by atoms with Crippen molar-refractivity contribution in [2.45, 2.75) is 115 Å². The van der Waals surface area contributed by atoms with Gasteiger partial charge in [-0.25, -0.2) is 13.2 Å². The molecule has 0 aromatic heterocycles. The number of Topliss-reactive ketones (excluding diaryl/α,β-unsaturated/α-hetero) is 1. The third kappa shape index (κ3) is 6.13. The fraction of sp³-hybridized carbons (Fsp3) is 0.489. The van der Waals surface area contributed by atoms with Crippen molar-refractivity contribution in [3.05, 3.63) is 113 Å². The van der Waals surface area contributed by atoms with E-state index in [0.717, 1.165) is 9.87 Å². The Bertz CT molecular complexity index is 2380. The number of rotatable bonds is 8. The second-order valence-electron chi connectivity index (χ2n) is 18.2. The lowest BCUT2D eigenvalue weighted by Gasteiger charge is -2.68. The van der Waals surface area contributed by atoms with E-state index in [1.54, 1.807) is 100 Å². The minimum absolute atomic E-state index is 0.0267. The van der Waals surface area contributed by atoms with Gasteiger partial charge in [-0.05, 0) is 67.2 Å². The molecule has 60 heavy (non-hydrogen) atoms. The highest BCUT2D eigenvalue weighted by Gasteiger charge is 2.77. The summed E-state index contributed by atoms with van der Waals surface area (Å²) in [6.07, 6.45) is -3.24. The van der Waals surface area contributed by atoms with Crippen LogP contribution in [-0.4, -0.2) is 83.7 Å². The average molecular weight is 840 g/mol. The lowest BCUT2D eigenvalue weighted by molar-refractivity contribution is -0.339. The third-order valence-corrected chi connectivity index (χ3v) is 16.6. The minimum Gasteiger partial charge on any atom is -0.456 e. The smallest absolute Gasteiger partial charge is 0.338 e. The molecule has 3 aromatic carbocycles. The maximum atomic E-state index is 15.4. The van der Waals surface area contributed by atoms with Crippen LogP contribution in [0.2, 0.25) is 0 Å². The topological polar surface area (TPSA) is 163 Å². The lowest BCUT2D eigenvalue weighted by atomic mass is 9.42. The molecule has 3 aliphatic carbocycles. The van der Waals surface area contributed by atoms with Crippen molar-refractivity contribution in [2.75, 3.05) is 6.61 Å². The normalized spacial score (nSPS) is 36.6. The van der Waals surface area contributed by atoms with Gasteiger partial charge in [0.05, 0.1) is 29.0 Å². The third-order valence-electron chi connectivity index (χ3n) is 14.7. The molecule has 0 radical (unpaired) electrons. The van der Waals surface area contributed by atoms with E-state index in [-0.39, 0.29) is 35.2 Å². The van der Waals surface area contributed by atoms with Gasteiger partial charge in [0, 0.05) is 30.1 Å². The number of carbonyl (C=O) groups excluding carboxylic acids is 4. The molecular formula is C47H53NO11S. The summed E-state index contributed by atoms with van der Waals surface area (Å²) in [6.45, 7) is 13.9. The Hall–Kier alpha value is -4.69. The molecule has 0 spiro atoms. The Kier molecular flexibility index (Phi) is 10.1. The number of ether oxygens (including phenoxy) is 4. The predicted octanol–water partition coefficient (Wildman–Crippen LogP) is 6.31. The molecule has 2 saturated carbocycles. The quantitative estimate of drug-likeness (QED) is 0.117. The van der Waals surface area contributed by atoms with Gasteiger partial charge in [-0.15, -0.1) is 0 Å². The number of esters is 3. The first kappa shape index (κ1) is 42.0. The molecule has 1 N–H and O–H groups in total. The number of fused-ring (bicyclic) bond motifs is 5. The number of ketones is 1. The van der Waals surface area contributed by atoms with Crippen LogP contribution in [0.4, 0.5) is 0 Å². The fourth-order valence-electron chi connectivity index (χ4n) is 11.3. The van der Waals surface area contributed by atoms with Crippen molar-refractivity contribution < 1.29 is 51.6 Å². The number of carbonyl (C=O) groups is 4. The molecule has 2 heterocycles. The van der Waals surface area contributed by atoms with E-state index in [1.807, 2.05) is 20.8 Å². The van der Waals surface area contributed by atoms with Crippen LogP contribution in [0.15, 0.2) is 101 Å². The first-order chi connectivity index (χ1) is 28.2. The Morgan fingerprint density at radius 3 is 2.08 bits per heavy atom. The molecule has 2 aliphatic heterocycles. The van der Waals surface area contributed by atoms with E-state index >= 15 is 4.79 Å². The van der Waals surface area contributed by atoms with Gasteiger partial charge >= 0.3 is 17.9 Å². The molecule has 3 aromatic rings. The van der Waals surface area contributed by atoms with Gasteiger partial charge in [-0.3, -0.25) is 14.4 Å². The standard InChI is InChI=1S/C47H53NO11S/c1-26-19-21-33(22-20-26)60(54,55)48-37(31-15-11-9-12-16-31)38(48)43(52)57-34-24-47(53)41(58-42(51)32-17-13-10-14-18-32)39-45(8,40(50)29(4)36(28(34)3)44(47,6)7)27(2)23-35-46(39,25-56-35)59-30(5)49/h9-22,27,29,34-35,37-39,41,53H,23-25H2,1-8H3/t27-,29+,34-,35+,37?,38?,39-,41-,45+,46-,47+,48?/m0/s1. The molecule has 318 valence electrons. The summed E-state index contributed by atoms with van der Waals surface area (Å²) in [7, 11) is -4.18. The summed E-state index contributed by atoms with van der Waals surface area (Å²) in [4.78, 5) is 57.4. The zero-order chi connectivity index (χ0) is 43.3. The van der Waals surface area contributed by atoms with Crippen molar-refractivity contribution in [2.24, 2.45) is 28.6 Å². The van der Waals surface area contributed by atoms with E-state index in [0.29, 0.717) is 23.1 Å². The number of nitrogens with zero attached hydrogens (tertiary/aromatic N) is 1. The fourth-order valence-corrected chi connectivity index (χ4v) is 13.0. The van der Waals surface area contributed by atoms with Crippen molar-refractivity contribution in [3.8, 4) is 0 Å². The minimum atomic E-state index is -4.18. The lowest BCUT2D eigenvalue weighted by Crippen LogP contribution is -2.80. The zero-order valence-corrected chi connectivity index (χ0v) is 36.0. The largest absolute Gasteiger partial charge is 0.456 e. The average Bonchev–Trinajstić information content (AvgIpc) is 3.97. The Morgan fingerprint density at radius 1 is 0.883 bits per heavy atom. The number of hydrogen-bond donors (Lipinski definition) is 1. The Balaban J connectivity index is 1.26. The molecule has 12 nitrogen and oxygen atoms in total. The van der Waals surface area contributed by atoms with Crippen LogP contribution in [0.5, 0.6) is 0 Å². The molecule has 0 amide bonds. The van der Waals surface area contributed by atoms with Gasteiger partial charge in [0.15, 0.2) is 5.60 Å². The van der Waals surface area contributed by atoms with E-state index < -0.39 is 92.2 Å². The predicted molar refractivity (Wildman–Crippen MR) is 219 cm³/mol. The maximum Gasteiger partial charge on any atom is 0.338 e. The Morgan fingerprint density at radius 2 is 1.50 bits per heavy atom. The molecular weight excluding hydrogens is 787 g/mol. The number of sulfonamides is 1. The molecule has 12 atom stereocenters. The van der Waals surface area contributed by atoms with Crippen molar-refractivity contribution >= 4 is 33.7 Å². The van der Waals surface area contributed by atoms with E-state index in [9.17, 15) is 27.9 Å². The van der Waals surface area contributed by atoms with Gasteiger partial charge in [0.1, 0.15) is 35.7 Å². The van der Waals surface area contributed by atoms with Crippen LogP contribution >= 0.6 is 0 Å². The van der Waals surface area contributed by atoms with Crippen LogP contribution in [0.25, 0.3) is 0 Å². The van der Waals surface area contributed by atoms with Crippen molar-refractivity contribution in [3.63, 3.8) is 0 Å². The Labute approximate surface area is 351 Å². The summed E-state index contributed by atoms with van der Waals surface area (Å²) in [6, 6.07) is 21.4. The summed E-state index contributed by atoms with van der Waals surface area (Å²) in [5.41, 5.74) is -3.35. The number of aryl methyl sites for hydroxylation is 1. The van der Waals surface area contributed by atoms with Gasteiger partial charge < -0.3 is 24.1 Å². The second kappa shape index (κ2) is 14.5. The maximum absolute atomic E-state index is 15.4. The van der Waals surface area contributed by atoms with Crippen LogP contribution in [-0.2, 0) is 43.4 Å². The number of benzene rings is 3. The molecule has 8 rings (SSSR count). The van der Waals surface area contributed by atoms with Gasteiger partial charge in [0.25, 0.3) is 0 Å². The molecule has 13 heteroatoms. The highest BCUT2D eigenvalue weighted by molar-refractivity contribution is 7.89. The van der Waals surface area contributed by atoms with Crippen LogP contribution in [0.3, 0.4) is 0 Å². The number of hydrogen-bond acceptors (Lipinski definition) is 11. The van der Waals surface area contributed by atoms with Crippen molar-refractivity contribution in [1.82, 2.24) is 4.31 Å². The van der Waals surface area contributed by atoms with Gasteiger partial charge in [-0.2, -0.15) is 4.31 Å². The van der Waals surface area contributed by atoms with E-state index in [2.05, 4.69) is 0 Å². The number of aliphatic hydroxyl groups is 1. The highest BCUT2D eigenvalue weighted by Crippen LogP contribution is 2.66. The molecule has 5 aliphatic rings. The van der Waals surface area contributed by atoms with Gasteiger partial charge in [0.2, 0.25) is 10.0 Å². The molecule has 4 fully saturated rings. The van der Waals surface area contributed by atoms with Gasteiger partial charge in [-0.1, -0.05) is 101 Å². The van der Waals surface area contributed by atoms with Crippen LogP contribution in [0, 0.1) is 35.5 Å². The van der Waals surface area contributed by atoms with E-state index in [1.165, 1.54) is 19.1 Å². The molecule has 3 unspecified atom stereocenters. The second-order valence-corrected chi connectivity index (χ2v) is 20.1. The summed E-state index contributed by atoms with van der Waals surface area (Å²) in [5, 5.41) is 13.7. The SMILES string of the molecule is CC(=O)O[C@@]12CO[C@@H]1C[C@H](C)[C@@]1(C)C(=O)[C@H](C)C3=C(C)[C@@H](OC(=O)C4C(c5ccccc5)N4S(=O)(=O)c4ccc(C)cc4)C[C@@](O)([C@@H](OC(=O)c4ccccc4)[C@H]21)C3(C)C. The van der Waals surface area contributed by atoms with Crippen LogP contribution < -0.4 is 0 Å². The highest BCUT2D eigenvalue weighted by atomic mass is 32.2. The van der Waals surface area contributed by atoms with Crippen LogP contribution in [0.1, 0.15) is 88.8 Å². The summed E-state index contributed by atoms with van der Waals surface area (Å²) < 4.78 is 54.7. The van der Waals surface area contributed by atoms with Crippen molar-refractivity contribution in [1.29, 1.82) is 0 Å². The first-order valence-corrected chi connectivity index (χ1v) is 22.1. The zero-order valence-electron chi connectivity index (χ0n) is 35.2. The molecule has 2 bridgehead atoms. The summed E-state index contributed by atoms with van der Waals surface area (Å²) in [5.74, 6) is -4.71. The monoisotopic (exact) mass is 839 g/mol. The molecule has 2 saturated heterocycles. The summed E-state index contributed by atoms with van der Waals surface area (Å²) >= 11 is 0. The first-order valence-electron chi connectivity index (χ1n) is 20.6.